The van der Waals surface area contributed by atoms with Gasteiger partial charge in [-0.3, -0.25) is 10.1 Å². The third-order valence-electron chi connectivity index (χ3n) is 3.84. The van der Waals surface area contributed by atoms with Crippen LogP contribution in [0.25, 0.3) is 11.1 Å². The van der Waals surface area contributed by atoms with Crippen LogP contribution in [-0.4, -0.2) is 30.1 Å². The maximum absolute atomic E-state index is 12.8. The van der Waals surface area contributed by atoms with Crippen molar-refractivity contribution in [1.82, 2.24) is 0 Å². The van der Waals surface area contributed by atoms with Crippen molar-refractivity contribution in [2.75, 3.05) is 7.11 Å². The normalized spacial score (nSPS) is 12.2. The highest BCUT2D eigenvalue weighted by Crippen LogP contribution is 2.37. The van der Waals surface area contributed by atoms with Gasteiger partial charge in [-0.2, -0.15) is 13.2 Å². The van der Waals surface area contributed by atoms with Gasteiger partial charge in [0.2, 0.25) is 0 Å². The van der Waals surface area contributed by atoms with E-state index in [-0.39, 0.29) is 16.1 Å². The topological polar surface area (TPSA) is 95.7 Å². The van der Waals surface area contributed by atoms with Gasteiger partial charge in [-0.05, 0) is 36.8 Å². The lowest BCUT2D eigenvalue weighted by atomic mass is 10.0. The predicted octanol–water partition coefficient (Wildman–Crippen LogP) is 4.65. The molecule has 0 aromatic heterocycles. The number of hydrogen-bond donors (Lipinski definition) is 0. The average Bonchev–Trinajstić information content (AvgIpc) is 2.65. The maximum atomic E-state index is 12.8. The number of benzene rings is 2. The third-order valence-corrected chi connectivity index (χ3v) is 4.15. The van der Waals surface area contributed by atoms with Crippen molar-refractivity contribution in [3.63, 3.8) is 0 Å². The number of alkyl halides is 3. The highest BCUT2D eigenvalue weighted by molar-refractivity contribution is 6.33. The number of rotatable bonds is 5. The summed E-state index contributed by atoms with van der Waals surface area (Å²) in [5.41, 5.74) is -1.82. The summed E-state index contributed by atoms with van der Waals surface area (Å²) in [7, 11) is 1.07. The van der Waals surface area contributed by atoms with Crippen molar-refractivity contribution in [1.29, 1.82) is 0 Å². The summed E-state index contributed by atoms with van der Waals surface area (Å²) in [6, 6.07) is 5.85. The second-order valence-corrected chi connectivity index (χ2v) is 6.16. The van der Waals surface area contributed by atoms with Gasteiger partial charge in [0.25, 0.3) is 5.69 Å². The van der Waals surface area contributed by atoms with Crippen molar-refractivity contribution in [2.24, 2.45) is 0 Å². The molecular weight excluding hydrogens is 419 g/mol. The Bertz CT molecular complexity index is 977. The molecule has 0 N–H and O–H groups in total. The van der Waals surface area contributed by atoms with E-state index in [0.29, 0.717) is 6.07 Å². The lowest BCUT2D eigenvalue weighted by Gasteiger charge is -2.13. The van der Waals surface area contributed by atoms with Gasteiger partial charge < -0.3 is 9.47 Å². The molecule has 0 amide bonds. The van der Waals surface area contributed by atoms with Crippen LogP contribution < -0.4 is 0 Å². The van der Waals surface area contributed by atoms with Crippen LogP contribution in [0.15, 0.2) is 36.4 Å². The number of carbonyl (C=O) groups is 2. The summed E-state index contributed by atoms with van der Waals surface area (Å²) in [4.78, 5) is 34.1. The Labute approximate surface area is 167 Å². The summed E-state index contributed by atoms with van der Waals surface area (Å²) in [5.74, 6) is -2.05. The summed E-state index contributed by atoms with van der Waals surface area (Å²) < 4.78 is 47.7. The van der Waals surface area contributed by atoms with Crippen LogP contribution in [0.1, 0.15) is 22.8 Å². The van der Waals surface area contributed by atoms with Crippen molar-refractivity contribution >= 4 is 29.2 Å². The fourth-order valence-electron chi connectivity index (χ4n) is 2.39. The molecule has 29 heavy (non-hydrogen) atoms. The standard InChI is InChI=1S/C18H13ClF3NO6/c1-9(16(24)28-2)29-17(25)13-7-10(3-6-15(13)23(26)27)12-5-4-11(8-14(12)19)18(20,21)22/h3-9H,1-2H3. The maximum Gasteiger partial charge on any atom is 0.416 e. The summed E-state index contributed by atoms with van der Waals surface area (Å²) >= 11 is 5.94. The first kappa shape index (κ1) is 22.2. The van der Waals surface area contributed by atoms with Gasteiger partial charge in [-0.25, -0.2) is 9.59 Å². The molecule has 11 heteroatoms. The van der Waals surface area contributed by atoms with E-state index in [0.717, 1.165) is 31.4 Å². The van der Waals surface area contributed by atoms with E-state index in [9.17, 15) is 32.9 Å². The number of methoxy groups -OCH3 is 1. The van der Waals surface area contributed by atoms with Gasteiger partial charge in [0, 0.05) is 16.7 Å². The van der Waals surface area contributed by atoms with Crippen LogP contribution in [0, 0.1) is 10.1 Å². The van der Waals surface area contributed by atoms with Crippen molar-refractivity contribution < 1.29 is 37.2 Å². The second kappa shape index (κ2) is 8.48. The number of carbonyl (C=O) groups excluding carboxylic acids is 2. The van der Waals surface area contributed by atoms with Crippen LogP contribution in [0.2, 0.25) is 5.02 Å². The first-order valence-electron chi connectivity index (χ1n) is 7.90. The molecule has 0 saturated heterocycles. The molecule has 2 rings (SSSR count). The van der Waals surface area contributed by atoms with Crippen molar-refractivity contribution in [3.8, 4) is 11.1 Å². The number of nitrogens with zero attached hydrogens (tertiary/aromatic N) is 1. The number of hydrogen-bond acceptors (Lipinski definition) is 6. The summed E-state index contributed by atoms with van der Waals surface area (Å²) in [5, 5.41) is 11.0. The Hall–Kier alpha value is -3.14. The number of ether oxygens (including phenoxy) is 2. The SMILES string of the molecule is COC(=O)C(C)OC(=O)c1cc(-c2ccc(C(F)(F)F)cc2Cl)ccc1[N+](=O)[O-]. The zero-order valence-corrected chi connectivity index (χ0v) is 15.7. The molecule has 0 heterocycles. The Kier molecular flexibility index (Phi) is 6.48. The van der Waals surface area contributed by atoms with Crippen LogP contribution >= 0.6 is 11.6 Å². The number of esters is 2. The van der Waals surface area contributed by atoms with E-state index in [2.05, 4.69) is 4.74 Å². The Morgan fingerprint density at radius 1 is 1.17 bits per heavy atom. The monoisotopic (exact) mass is 431 g/mol. The summed E-state index contributed by atoms with van der Waals surface area (Å²) in [6.07, 6.45) is -5.93. The van der Waals surface area contributed by atoms with Crippen LogP contribution in [0.5, 0.6) is 0 Å². The molecule has 0 aliphatic heterocycles. The molecule has 1 unspecified atom stereocenters. The average molecular weight is 432 g/mol. The van der Waals surface area contributed by atoms with Gasteiger partial charge in [-0.1, -0.05) is 17.7 Å². The number of nitro benzene ring substituents is 1. The van der Waals surface area contributed by atoms with E-state index in [4.69, 9.17) is 16.3 Å². The van der Waals surface area contributed by atoms with E-state index < -0.39 is 46.0 Å². The lowest BCUT2D eigenvalue weighted by Crippen LogP contribution is -2.25. The number of nitro groups is 1. The van der Waals surface area contributed by atoms with E-state index in [1.165, 1.54) is 13.0 Å². The van der Waals surface area contributed by atoms with Gasteiger partial charge in [0.05, 0.1) is 17.6 Å². The molecule has 0 saturated carbocycles. The number of halogens is 4. The van der Waals surface area contributed by atoms with E-state index >= 15 is 0 Å². The van der Waals surface area contributed by atoms with E-state index in [1.54, 1.807) is 0 Å². The molecule has 0 radical (unpaired) electrons. The highest BCUT2D eigenvalue weighted by Gasteiger charge is 2.31. The molecule has 0 aliphatic carbocycles. The van der Waals surface area contributed by atoms with Crippen LogP contribution in [0.4, 0.5) is 18.9 Å². The molecule has 154 valence electrons. The quantitative estimate of drug-likeness (QED) is 0.388. The molecule has 0 fully saturated rings. The van der Waals surface area contributed by atoms with Gasteiger partial charge in [0.15, 0.2) is 6.10 Å². The molecule has 0 bridgehead atoms. The molecule has 1 atom stereocenters. The fourth-order valence-corrected chi connectivity index (χ4v) is 2.68. The second-order valence-electron chi connectivity index (χ2n) is 5.75. The highest BCUT2D eigenvalue weighted by atomic mass is 35.5. The third kappa shape index (κ3) is 5.02. The molecule has 0 spiro atoms. The smallest absolute Gasteiger partial charge is 0.416 e. The molecule has 2 aromatic rings. The largest absolute Gasteiger partial charge is 0.466 e. The Morgan fingerprint density at radius 3 is 2.34 bits per heavy atom. The van der Waals surface area contributed by atoms with Crippen molar-refractivity contribution in [3.05, 3.63) is 62.7 Å². The fraction of sp³-hybridized carbons (Fsp3) is 0.222. The molecule has 0 aliphatic rings. The first-order valence-corrected chi connectivity index (χ1v) is 8.28. The molecule has 7 nitrogen and oxygen atoms in total. The minimum absolute atomic E-state index is 0.115. The Balaban J connectivity index is 2.49. The molecular formula is C18H13ClF3NO6. The zero-order valence-electron chi connectivity index (χ0n) is 15.0. The van der Waals surface area contributed by atoms with Crippen LogP contribution in [-0.2, 0) is 20.4 Å². The van der Waals surface area contributed by atoms with Crippen molar-refractivity contribution in [2.45, 2.75) is 19.2 Å². The van der Waals surface area contributed by atoms with Gasteiger partial charge in [0.1, 0.15) is 5.56 Å². The molecule has 2 aromatic carbocycles. The minimum Gasteiger partial charge on any atom is -0.466 e. The first-order chi connectivity index (χ1) is 13.5. The van der Waals surface area contributed by atoms with Gasteiger partial charge >= 0.3 is 18.1 Å². The van der Waals surface area contributed by atoms with Crippen LogP contribution in [0.3, 0.4) is 0 Å². The minimum atomic E-state index is -4.60. The zero-order chi connectivity index (χ0) is 21.9. The van der Waals surface area contributed by atoms with Gasteiger partial charge in [-0.15, -0.1) is 0 Å². The Morgan fingerprint density at radius 2 is 1.83 bits per heavy atom. The predicted molar refractivity (Wildman–Crippen MR) is 95.4 cm³/mol. The van der Waals surface area contributed by atoms with E-state index in [1.807, 2.05) is 0 Å². The lowest BCUT2D eigenvalue weighted by molar-refractivity contribution is -0.385. The summed E-state index contributed by atoms with van der Waals surface area (Å²) in [6.45, 7) is 1.21.